The molecule has 6 nitrogen and oxygen atoms in total. The quantitative estimate of drug-likeness (QED) is 0.149. The molecular formula is C75H48N6Si2. The standard InChI is InChI=1S/C75H48N6Si2/c1-3-21-51(22-4-1)82(67-37-17-15-35-65(67)79-61-31-11-9-27-57(61)59-29-19-39-69(82)71(59)79)53-45-41-49(42-46-53)73-76-74(78-75(77-73)81-63-33-13-7-25-55(63)56-26-8-14-34-64(56)81)50-43-47-54(48-44-50)83(52-23-5-2-6-24-52)68-38-18-16-36-66(68)80-62-32-12-10-28-58(62)60-30-20-40-70(83)72(60)80/h1-48H. The van der Waals surface area contributed by atoms with Crippen LogP contribution < -0.4 is 41.5 Å². The van der Waals surface area contributed by atoms with Crippen molar-refractivity contribution >= 4 is 123 Å². The van der Waals surface area contributed by atoms with Crippen LogP contribution in [0.2, 0.25) is 0 Å². The molecule has 0 fully saturated rings. The Morgan fingerprint density at radius 1 is 0.229 bits per heavy atom. The van der Waals surface area contributed by atoms with Crippen LogP contribution in [-0.4, -0.2) is 44.8 Å². The van der Waals surface area contributed by atoms with Crippen molar-refractivity contribution in [2.45, 2.75) is 0 Å². The fourth-order valence-electron chi connectivity index (χ4n) is 15.0. The summed E-state index contributed by atoms with van der Waals surface area (Å²) in [6.07, 6.45) is 0. The second kappa shape index (κ2) is 17.5. The molecule has 2 aliphatic heterocycles. The predicted octanol–water partition coefficient (Wildman–Crippen LogP) is 11.9. The number of hydrogen-bond acceptors (Lipinski definition) is 3. The first-order valence-electron chi connectivity index (χ1n) is 28.5. The Hall–Kier alpha value is -10.5. The first-order chi connectivity index (χ1) is 41.2. The van der Waals surface area contributed by atoms with E-state index in [0.29, 0.717) is 17.6 Å². The molecule has 8 heteroatoms. The zero-order valence-corrected chi connectivity index (χ0v) is 46.9. The Kier molecular flexibility index (Phi) is 9.75. The zero-order chi connectivity index (χ0) is 54.4. The molecule has 6 heterocycles. The minimum Gasteiger partial charge on any atom is -0.309 e. The Balaban J connectivity index is 0.846. The molecule has 0 N–H and O–H groups in total. The molecule has 0 bridgehead atoms. The molecule has 2 unspecified atom stereocenters. The summed E-state index contributed by atoms with van der Waals surface area (Å²) in [5.41, 5.74) is 11.4. The molecule has 0 saturated carbocycles. The fraction of sp³-hybridized carbons (Fsp3) is 0. The maximum Gasteiger partial charge on any atom is 0.238 e. The van der Waals surface area contributed by atoms with Crippen molar-refractivity contribution in [3.05, 3.63) is 291 Å². The van der Waals surface area contributed by atoms with Crippen LogP contribution in [0.15, 0.2) is 291 Å². The molecule has 16 aromatic rings. The Morgan fingerprint density at radius 3 is 0.964 bits per heavy atom. The van der Waals surface area contributed by atoms with Crippen molar-refractivity contribution in [1.82, 2.24) is 28.7 Å². The lowest BCUT2D eigenvalue weighted by Crippen LogP contribution is -2.76. The molecule has 0 amide bonds. The van der Waals surface area contributed by atoms with Crippen molar-refractivity contribution in [2.75, 3.05) is 0 Å². The Labute approximate surface area is 480 Å². The van der Waals surface area contributed by atoms with E-state index in [4.69, 9.17) is 15.0 Å². The number of benzene rings is 12. The number of rotatable bonds is 7. The molecule has 83 heavy (non-hydrogen) atoms. The molecule has 18 rings (SSSR count). The highest BCUT2D eigenvalue weighted by Gasteiger charge is 2.49. The van der Waals surface area contributed by atoms with Gasteiger partial charge in [0.2, 0.25) is 5.95 Å². The number of aromatic nitrogens is 6. The molecule has 386 valence electrons. The highest BCUT2D eigenvalue weighted by atomic mass is 28.3. The van der Waals surface area contributed by atoms with Gasteiger partial charge in [-0.15, -0.1) is 0 Å². The minimum atomic E-state index is -2.96. The van der Waals surface area contributed by atoms with Crippen LogP contribution in [0.4, 0.5) is 0 Å². The van der Waals surface area contributed by atoms with Gasteiger partial charge in [-0.1, -0.05) is 255 Å². The lowest BCUT2D eigenvalue weighted by atomic mass is 10.1. The number of nitrogens with zero attached hydrogens (tertiary/aromatic N) is 6. The van der Waals surface area contributed by atoms with E-state index in [9.17, 15) is 0 Å². The molecule has 12 aromatic carbocycles. The summed E-state index contributed by atoms with van der Waals surface area (Å²) >= 11 is 0. The summed E-state index contributed by atoms with van der Waals surface area (Å²) in [5.74, 6) is 1.79. The summed E-state index contributed by atoms with van der Waals surface area (Å²) in [6, 6.07) is 108. The van der Waals surface area contributed by atoms with E-state index in [1.54, 1.807) is 0 Å². The molecule has 0 radical (unpaired) electrons. The molecule has 0 aliphatic carbocycles. The number of para-hydroxylation sites is 8. The summed E-state index contributed by atoms with van der Waals surface area (Å²) in [6.45, 7) is 0. The summed E-state index contributed by atoms with van der Waals surface area (Å²) in [4.78, 5) is 16.5. The van der Waals surface area contributed by atoms with Gasteiger partial charge >= 0.3 is 0 Å². The third-order valence-electron chi connectivity index (χ3n) is 18.3. The molecular weight excluding hydrogens is 1040 g/mol. The van der Waals surface area contributed by atoms with Gasteiger partial charge in [0.1, 0.15) is 0 Å². The van der Waals surface area contributed by atoms with E-state index in [1.807, 2.05) is 0 Å². The van der Waals surface area contributed by atoms with Crippen LogP contribution in [-0.2, 0) is 0 Å². The van der Waals surface area contributed by atoms with Gasteiger partial charge in [-0.05, 0) is 77.9 Å². The predicted molar refractivity (Wildman–Crippen MR) is 348 cm³/mol. The average Bonchev–Trinajstić information content (AvgIpc) is 3.09. The van der Waals surface area contributed by atoms with Crippen LogP contribution in [0.1, 0.15) is 0 Å². The molecule has 0 saturated heterocycles. The molecule has 0 spiro atoms. The normalized spacial score (nSPS) is 16.0. The molecule has 4 aromatic heterocycles. The van der Waals surface area contributed by atoms with Gasteiger partial charge in [-0.3, -0.25) is 4.57 Å². The van der Waals surface area contributed by atoms with Gasteiger partial charge in [-0.25, -0.2) is 4.98 Å². The topological polar surface area (TPSA) is 53.5 Å². The van der Waals surface area contributed by atoms with Crippen LogP contribution in [0, 0.1) is 0 Å². The first kappa shape index (κ1) is 46.3. The fourth-order valence-corrected chi connectivity index (χ4v) is 25.2. The molecule has 2 atom stereocenters. The Morgan fingerprint density at radius 2 is 0.542 bits per heavy atom. The van der Waals surface area contributed by atoms with Crippen molar-refractivity contribution in [2.24, 2.45) is 0 Å². The van der Waals surface area contributed by atoms with E-state index < -0.39 is 16.1 Å². The van der Waals surface area contributed by atoms with E-state index in [-0.39, 0.29) is 0 Å². The SMILES string of the molecule is c1ccc([Si]2(c3ccc(-c4nc(-c5ccc([Si]6(c7ccccc7)c7ccccc7-n7c8ccccc8c8cccc6c87)cc5)nc(-n5c6ccccc6c6ccccc65)n4)cc3)c3ccccc3-n3c4ccccc4c4cccc2c43)cc1. The van der Waals surface area contributed by atoms with E-state index >= 15 is 0 Å². The maximum absolute atomic E-state index is 5.50. The highest BCUT2D eigenvalue weighted by Crippen LogP contribution is 2.38. The summed E-state index contributed by atoms with van der Waals surface area (Å²) < 4.78 is 7.25. The highest BCUT2D eigenvalue weighted by molar-refractivity contribution is 7.22. The van der Waals surface area contributed by atoms with Crippen molar-refractivity contribution in [3.63, 3.8) is 0 Å². The smallest absolute Gasteiger partial charge is 0.238 e. The van der Waals surface area contributed by atoms with Gasteiger partial charge < -0.3 is 9.13 Å². The second-order valence-corrected chi connectivity index (χ2v) is 29.6. The summed E-state index contributed by atoms with van der Waals surface area (Å²) in [7, 11) is -5.93. The number of fused-ring (bicyclic) bond motifs is 13. The largest absolute Gasteiger partial charge is 0.309 e. The van der Waals surface area contributed by atoms with E-state index in [2.05, 4.69) is 305 Å². The minimum absolute atomic E-state index is 0.572. The van der Waals surface area contributed by atoms with Gasteiger partial charge in [0.15, 0.2) is 27.8 Å². The van der Waals surface area contributed by atoms with Crippen LogP contribution in [0.5, 0.6) is 0 Å². The number of hydrogen-bond donors (Lipinski definition) is 0. The third-order valence-corrected chi connectivity index (χ3v) is 27.9. The van der Waals surface area contributed by atoms with Gasteiger partial charge in [0, 0.05) is 54.8 Å². The lowest BCUT2D eigenvalue weighted by Gasteiger charge is -2.39. The second-order valence-electron chi connectivity index (χ2n) is 22.2. The van der Waals surface area contributed by atoms with Crippen molar-refractivity contribution in [3.8, 4) is 40.1 Å². The third kappa shape index (κ3) is 6.22. The molecule has 2 aliphatic rings. The van der Waals surface area contributed by atoms with Gasteiger partial charge in [0.25, 0.3) is 0 Å². The first-order valence-corrected chi connectivity index (χ1v) is 32.5. The van der Waals surface area contributed by atoms with Crippen LogP contribution in [0.3, 0.4) is 0 Å². The van der Waals surface area contributed by atoms with E-state index in [1.165, 1.54) is 96.5 Å². The van der Waals surface area contributed by atoms with Crippen LogP contribution in [0.25, 0.3) is 106 Å². The van der Waals surface area contributed by atoms with Gasteiger partial charge in [-0.2, -0.15) is 9.97 Å². The van der Waals surface area contributed by atoms with E-state index in [0.717, 1.165) is 32.9 Å². The zero-order valence-electron chi connectivity index (χ0n) is 44.9. The summed E-state index contributed by atoms with van der Waals surface area (Å²) in [5, 5.41) is 18.2. The van der Waals surface area contributed by atoms with Crippen molar-refractivity contribution < 1.29 is 0 Å². The average molecular weight is 1090 g/mol. The monoisotopic (exact) mass is 1090 g/mol. The Bertz CT molecular complexity index is 5010. The van der Waals surface area contributed by atoms with Gasteiger partial charge in [0.05, 0.1) is 33.1 Å². The maximum atomic E-state index is 5.50. The lowest BCUT2D eigenvalue weighted by molar-refractivity contribution is 0.953. The van der Waals surface area contributed by atoms with Crippen molar-refractivity contribution in [1.29, 1.82) is 0 Å². The van der Waals surface area contributed by atoms with Crippen LogP contribution >= 0.6 is 0 Å².